The lowest BCUT2D eigenvalue weighted by Gasteiger charge is -2.32. The number of hydrogen-bond acceptors (Lipinski definition) is 6. The molecule has 0 aromatic carbocycles. The number of likely N-dealkylation sites (tertiary alicyclic amines) is 1. The van der Waals surface area contributed by atoms with Crippen molar-refractivity contribution in [1.82, 2.24) is 29.0 Å². The Hall–Kier alpha value is -2.05. The van der Waals surface area contributed by atoms with Gasteiger partial charge in [0.25, 0.3) is 0 Å². The molecule has 12 heteroatoms. The van der Waals surface area contributed by atoms with E-state index in [9.17, 15) is 17.4 Å². The molecule has 8 nitrogen and oxygen atoms in total. The first-order valence-electron chi connectivity index (χ1n) is 11.9. The third kappa shape index (κ3) is 6.54. The fraction of sp³-hybridized carbons (Fsp3) is 0.682. The highest BCUT2D eigenvalue weighted by atomic mass is 32.2. The maximum absolute atomic E-state index is 13.0. The van der Waals surface area contributed by atoms with Gasteiger partial charge in [-0.05, 0) is 52.1 Å². The lowest BCUT2D eigenvalue weighted by Crippen LogP contribution is -2.40. The molecule has 4 heterocycles. The van der Waals surface area contributed by atoms with E-state index in [1.165, 1.54) is 32.4 Å². The van der Waals surface area contributed by atoms with Crippen molar-refractivity contribution in [1.29, 1.82) is 0 Å². The van der Waals surface area contributed by atoms with Crippen LogP contribution in [0.15, 0.2) is 29.7 Å². The van der Waals surface area contributed by atoms with E-state index in [4.69, 9.17) is 0 Å². The van der Waals surface area contributed by atoms with Gasteiger partial charge in [0.2, 0.25) is 5.95 Å². The summed E-state index contributed by atoms with van der Waals surface area (Å²) in [5.74, 6) is 0.174. The number of nitrogens with one attached hydrogen (secondary N) is 1. The van der Waals surface area contributed by atoms with E-state index in [1.54, 1.807) is 6.20 Å². The molecule has 2 unspecified atom stereocenters. The van der Waals surface area contributed by atoms with Crippen LogP contribution in [0.2, 0.25) is 0 Å². The Morgan fingerprint density at radius 3 is 2.41 bits per heavy atom. The van der Waals surface area contributed by atoms with Gasteiger partial charge in [0, 0.05) is 50.3 Å². The van der Waals surface area contributed by atoms with E-state index in [1.807, 2.05) is 15.2 Å². The number of piperidine rings is 2. The van der Waals surface area contributed by atoms with Crippen LogP contribution < -0.4 is 5.32 Å². The molecule has 4 rings (SSSR count). The van der Waals surface area contributed by atoms with Gasteiger partial charge in [-0.2, -0.15) is 18.3 Å². The van der Waals surface area contributed by atoms with Gasteiger partial charge in [-0.25, -0.2) is 18.5 Å². The third-order valence-corrected chi connectivity index (χ3v) is 8.05. The van der Waals surface area contributed by atoms with Crippen LogP contribution in [0.25, 0.3) is 0 Å². The number of rotatable bonds is 8. The van der Waals surface area contributed by atoms with Crippen LogP contribution >= 0.6 is 0 Å². The minimum absolute atomic E-state index is 0.0176. The van der Waals surface area contributed by atoms with Gasteiger partial charge < -0.3 is 10.2 Å². The second-order valence-corrected chi connectivity index (χ2v) is 10.5. The molecule has 2 aliphatic rings. The van der Waals surface area contributed by atoms with Crippen LogP contribution in [0, 0.1) is 0 Å². The smallest absolute Gasteiger partial charge is 0.351 e. The van der Waals surface area contributed by atoms with Crippen molar-refractivity contribution in [3.8, 4) is 0 Å². The third-order valence-electron chi connectivity index (χ3n) is 6.60. The average Bonchev–Trinajstić information content (AvgIpc) is 3.32. The van der Waals surface area contributed by atoms with Crippen LogP contribution in [-0.2, 0) is 23.7 Å². The van der Waals surface area contributed by atoms with Crippen molar-refractivity contribution in [3.05, 3.63) is 30.4 Å². The van der Waals surface area contributed by atoms with Crippen LogP contribution in [-0.4, -0.2) is 71.4 Å². The first-order chi connectivity index (χ1) is 16.3. The van der Waals surface area contributed by atoms with Crippen LogP contribution in [0.5, 0.6) is 0 Å². The highest BCUT2D eigenvalue weighted by Gasteiger charge is 2.31. The van der Waals surface area contributed by atoms with Gasteiger partial charge in [0.1, 0.15) is 11.0 Å². The Balaban J connectivity index is 1.22. The monoisotopic (exact) mass is 499 g/mol. The van der Waals surface area contributed by atoms with E-state index in [-0.39, 0.29) is 12.0 Å². The Kier molecular flexibility index (Phi) is 8.20. The molecular weight excluding hydrogens is 467 g/mol. The lowest BCUT2D eigenvalue weighted by molar-refractivity contribution is -0.138. The molecule has 0 radical (unpaired) electrons. The molecule has 2 atom stereocenters. The zero-order valence-corrected chi connectivity index (χ0v) is 20.2. The molecule has 2 aromatic heterocycles. The second kappa shape index (κ2) is 11.1. The van der Waals surface area contributed by atoms with Crippen molar-refractivity contribution in [2.24, 2.45) is 0 Å². The molecule has 0 aliphatic carbocycles. The summed E-state index contributed by atoms with van der Waals surface area (Å²) in [7, 11) is -1.29. The van der Waals surface area contributed by atoms with Crippen molar-refractivity contribution in [2.45, 2.75) is 75.1 Å². The minimum Gasteiger partial charge on any atom is -0.351 e. The summed E-state index contributed by atoms with van der Waals surface area (Å²) in [5, 5.41) is 7.50. The minimum atomic E-state index is -4.45. The largest absolute Gasteiger partial charge is 0.419 e. The Bertz CT molecular complexity index is 939. The fourth-order valence-electron chi connectivity index (χ4n) is 4.46. The van der Waals surface area contributed by atoms with E-state index < -0.39 is 22.7 Å². The summed E-state index contributed by atoms with van der Waals surface area (Å²) in [6, 6.07) is 0.530. The summed E-state index contributed by atoms with van der Waals surface area (Å²) in [5.41, 5.74) is -0.871. The van der Waals surface area contributed by atoms with Gasteiger partial charge >= 0.3 is 6.18 Å². The van der Waals surface area contributed by atoms with E-state index >= 15 is 0 Å². The molecule has 0 spiro atoms. The molecule has 2 saturated heterocycles. The van der Waals surface area contributed by atoms with E-state index in [0.717, 1.165) is 25.4 Å². The first kappa shape index (κ1) is 25.1. The van der Waals surface area contributed by atoms with Gasteiger partial charge in [0.15, 0.2) is 0 Å². The predicted molar refractivity (Wildman–Crippen MR) is 123 cm³/mol. The highest BCUT2D eigenvalue weighted by molar-refractivity contribution is 7.82. The standard InChI is InChI=1S/C22H32F3N7OS/c1-17(30-8-3-2-4-9-30)5-10-31-16-20(15-28-31)34(33)32-11-6-19(7-12-32)29-21-26-13-18(14-27-21)22(23,24)25/h13-17,19H,2-12H2,1H3,(H,26,27,29). The zero-order valence-electron chi connectivity index (χ0n) is 19.4. The van der Waals surface area contributed by atoms with Crippen LogP contribution in [0.4, 0.5) is 19.1 Å². The van der Waals surface area contributed by atoms with Gasteiger partial charge in [-0.15, -0.1) is 0 Å². The van der Waals surface area contributed by atoms with Crippen molar-refractivity contribution in [2.75, 3.05) is 31.5 Å². The van der Waals surface area contributed by atoms with Gasteiger partial charge in [0.05, 0.1) is 16.7 Å². The Morgan fingerprint density at radius 2 is 1.76 bits per heavy atom. The maximum Gasteiger partial charge on any atom is 0.419 e. The molecule has 34 heavy (non-hydrogen) atoms. The highest BCUT2D eigenvalue weighted by Crippen LogP contribution is 2.28. The van der Waals surface area contributed by atoms with Crippen molar-refractivity contribution < 1.29 is 17.4 Å². The van der Waals surface area contributed by atoms with E-state index in [0.29, 0.717) is 36.9 Å². The quantitative estimate of drug-likeness (QED) is 0.599. The van der Waals surface area contributed by atoms with Crippen molar-refractivity contribution in [3.63, 3.8) is 0 Å². The SMILES string of the molecule is CC(CCn1cc(S(=O)N2CCC(Nc3ncc(C(F)(F)F)cn3)CC2)cn1)N1CCCCC1. The molecule has 2 aliphatic heterocycles. The molecule has 2 fully saturated rings. The molecular formula is C22H32F3N7OS. The number of hydrogen-bond donors (Lipinski definition) is 1. The molecule has 0 bridgehead atoms. The van der Waals surface area contributed by atoms with Crippen LogP contribution in [0.3, 0.4) is 0 Å². The number of nitrogens with zero attached hydrogens (tertiary/aromatic N) is 6. The van der Waals surface area contributed by atoms with Crippen molar-refractivity contribution >= 4 is 16.9 Å². The number of halogens is 3. The predicted octanol–water partition coefficient (Wildman–Crippen LogP) is 3.56. The number of alkyl halides is 3. The summed E-state index contributed by atoms with van der Waals surface area (Å²) in [4.78, 5) is 10.8. The molecule has 1 N–H and O–H groups in total. The molecule has 0 amide bonds. The van der Waals surface area contributed by atoms with Gasteiger partial charge in [-0.3, -0.25) is 4.68 Å². The normalized spacial score (nSPS) is 20.8. The maximum atomic E-state index is 13.0. The Labute approximate surface area is 200 Å². The number of aromatic nitrogens is 4. The molecule has 2 aromatic rings. The molecule has 0 saturated carbocycles. The zero-order chi connectivity index (χ0) is 24.1. The lowest BCUT2D eigenvalue weighted by atomic mass is 10.1. The topological polar surface area (TPSA) is 79.2 Å². The second-order valence-electron chi connectivity index (χ2n) is 9.06. The average molecular weight is 500 g/mol. The molecule has 188 valence electrons. The Morgan fingerprint density at radius 1 is 1.09 bits per heavy atom. The fourth-order valence-corrected chi connectivity index (χ4v) is 5.65. The number of aryl methyl sites for hydroxylation is 1. The summed E-state index contributed by atoms with van der Waals surface area (Å²) in [6.45, 7) is 6.61. The summed E-state index contributed by atoms with van der Waals surface area (Å²) < 4.78 is 54.8. The van der Waals surface area contributed by atoms with Gasteiger partial charge in [-0.1, -0.05) is 6.42 Å². The van der Waals surface area contributed by atoms with Crippen LogP contribution in [0.1, 0.15) is 51.0 Å². The van der Waals surface area contributed by atoms with E-state index in [2.05, 4.69) is 32.2 Å². The summed E-state index contributed by atoms with van der Waals surface area (Å²) in [6.07, 6.45) is 6.95. The summed E-state index contributed by atoms with van der Waals surface area (Å²) >= 11 is 0. The number of anilines is 1. The first-order valence-corrected chi connectivity index (χ1v) is 13.0.